The van der Waals surface area contributed by atoms with E-state index < -0.39 is 10.2 Å². The molecule has 0 amide bonds. The van der Waals surface area contributed by atoms with Crippen molar-refractivity contribution in [3.63, 3.8) is 0 Å². The highest BCUT2D eigenvalue weighted by molar-refractivity contribution is 7.86. The highest BCUT2D eigenvalue weighted by Gasteiger charge is 2.34. The standard InChI is InChI=1S/C12H26N4O2S/c1-14(2)12-5-3-8-16(11-12)19(17,18)15-9-4-6-13-7-10-15/h12-13H,3-11H2,1-2H3. The third-order valence-corrected chi connectivity index (χ3v) is 6.04. The van der Waals surface area contributed by atoms with Crippen LogP contribution in [0.2, 0.25) is 0 Å². The van der Waals surface area contributed by atoms with E-state index in [1.54, 1.807) is 8.61 Å². The third-order valence-electron chi connectivity index (χ3n) is 4.04. The molecule has 2 aliphatic rings. The van der Waals surface area contributed by atoms with Crippen LogP contribution in [0.4, 0.5) is 0 Å². The molecule has 2 fully saturated rings. The Kier molecular flexibility index (Phi) is 5.19. The molecule has 2 aliphatic heterocycles. The van der Waals surface area contributed by atoms with Crippen LogP contribution in [0.1, 0.15) is 19.3 Å². The SMILES string of the molecule is CN(C)C1CCCN(S(=O)(=O)N2CCCNCC2)C1. The summed E-state index contributed by atoms with van der Waals surface area (Å²) in [6.45, 7) is 4.18. The lowest BCUT2D eigenvalue weighted by atomic mass is 10.1. The first-order valence-electron chi connectivity index (χ1n) is 7.14. The highest BCUT2D eigenvalue weighted by atomic mass is 32.2. The normalized spacial score (nSPS) is 28.5. The molecule has 1 N–H and O–H groups in total. The van der Waals surface area contributed by atoms with Crippen molar-refractivity contribution < 1.29 is 8.42 Å². The van der Waals surface area contributed by atoms with Gasteiger partial charge in [0.25, 0.3) is 10.2 Å². The zero-order chi connectivity index (χ0) is 13.9. The molecule has 0 bridgehead atoms. The molecule has 0 aromatic rings. The van der Waals surface area contributed by atoms with Crippen molar-refractivity contribution in [2.24, 2.45) is 0 Å². The number of hydrogen-bond donors (Lipinski definition) is 1. The average molecular weight is 290 g/mol. The second-order valence-corrected chi connectivity index (χ2v) is 7.56. The molecule has 112 valence electrons. The Morgan fingerprint density at radius 1 is 1.05 bits per heavy atom. The summed E-state index contributed by atoms with van der Waals surface area (Å²) in [4.78, 5) is 2.13. The fourth-order valence-corrected chi connectivity index (χ4v) is 4.50. The molecule has 6 nitrogen and oxygen atoms in total. The smallest absolute Gasteiger partial charge is 0.282 e. The van der Waals surface area contributed by atoms with Gasteiger partial charge in [-0.25, -0.2) is 0 Å². The zero-order valence-electron chi connectivity index (χ0n) is 12.0. The highest BCUT2D eigenvalue weighted by Crippen LogP contribution is 2.19. The van der Waals surface area contributed by atoms with E-state index in [1.807, 2.05) is 14.1 Å². The van der Waals surface area contributed by atoms with Crippen molar-refractivity contribution in [3.05, 3.63) is 0 Å². The summed E-state index contributed by atoms with van der Waals surface area (Å²) in [7, 11) is 0.774. The maximum absolute atomic E-state index is 12.7. The van der Waals surface area contributed by atoms with Gasteiger partial charge in [-0.3, -0.25) is 0 Å². The summed E-state index contributed by atoms with van der Waals surface area (Å²) in [5, 5.41) is 3.25. The topological polar surface area (TPSA) is 55.9 Å². The lowest BCUT2D eigenvalue weighted by molar-refractivity contribution is 0.183. The van der Waals surface area contributed by atoms with Crippen LogP contribution >= 0.6 is 0 Å². The van der Waals surface area contributed by atoms with Gasteiger partial charge in [0.15, 0.2) is 0 Å². The molecule has 2 rings (SSSR count). The molecular weight excluding hydrogens is 264 g/mol. The Bertz CT molecular complexity index is 377. The van der Waals surface area contributed by atoms with Crippen molar-refractivity contribution >= 4 is 10.2 Å². The van der Waals surface area contributed by atoms with Crippen LogP contribution in [0, 0.1) is 0 Å². The van der Waals surface area contributed by atoms with E-state index in [9.17, 15) is 8.42 Å². The summed E-state index contributed by atoms with van der Waals surface area (Å²) < 4.78 is 28.7. The number of piperidine rings is 1. The van der Waals surface area contributed by atoms with Crippen molar-refractivity contribution in [2.75, 3.05) is 53.4 Å². The molecule has 0 aromatic carbocycles. The molecular formula is C12H26N4O2S. The number of hydrogen-bond acceptors (Lipinski definition) is 4. The fraction of sp³-hybridized carbons (Fsp3) is 1.00. The van der Waals surface area contributed by atoms with Crippen LogP contribution in [0.5, 0.6) is 0 Å². The van der Waals surface area contributed by atoms with Crippen LogP contribution in [0.15, 0.2) is 0 Å². The molecule has 7 heteroatoms. The minimum atomic E-state index is -3.27. The Balaban J connectivity index is 2.05. The first-order chi connectivity index (χ1) is 9.01. The molecule has 2 saturated heterocycles. The van der Waals surface area contributed by atoms with Crippen LogP contribution in [0.3, 0.4) is 0 Å². The molecule has 0 spiro atoms. The van der Waals surface area contributed by atoms with E-state index in [-0.39, 0.29) is 0 Å². The number of likely N-dealkylation sites (N-methyl/N-ethyl adjacent to an activating group) is 1. The largest absolute Gasteiger partial charge is 0.315 e. The van der Waals surface area contributed by atoms with E-state index in [0.29, 0.717) is 32.2 Å². The van der Waals surface area contributed by atoms with Gasteiger partial charge in [-0.2, -0.15) is 17.0 Å². The molecule has 1 unspecified atom stereocenters. The first kappa shape index (κ1) is 15.2. The number of nitrogens with zero attached hydrogens (tertiary/aromatic N) is 3. The summed E-state index contributed by atoms with van der Waals surface area (Å²) >= 11 is 0. The Morgan fingerprint density at radius 2 is 1.79 bits per heavy atom. The molecule has 2 heterocycles. The number of rotatable bonds is 3. The molecule has 0 aromatic heterocycles. The maximum atomic E-state index is 12.7. The minimum Gasteiger partial charge on any atom is -0.315 e. The van der Waals surface area contributed by atoms with Crippen molar-refractivity contribution in [3.8, 4) is 0 Å². The summed E-state index contributed by atoms with van der Waals surface area (Å²) in [6, 6.07) is 0.341. The lowest BCUT2D eigenvalue weighted by Gasteiger charge is -2.37. The Labute approximate surface area is 116 Å². The Morgan fingerprint density at radius 3 is 2.53 bits per heavy atom. The van der Waals surface area contributed by atoms with Crippen molar-refractivity contribution in [1.82, 2.24) is 18.8 Å². The van der Waals surface area contributed by atoms with Crippen molar-refractivity contribution in [2.45, 2.75) is 25.3 Å². The van der Waals surface area contributed by atoms with Crippen LogP contribution in [0.25, 0.3) is 0 Å². The average Bonchev–Trinajstić information content (AvgIpc) is 2.68. The van der Waals surface area contributed by atoms with Gasteiger partial charge < -0.3 is 10.2 Å². The maximum Gasteiger partial charge on any atom is 0.282 e. The molecule has 19 heavy (non-hydrogen) atoms. The van der Waals surface area contributed by atoms with Crippen LogP contribution in [-0.2, 0) is 10.2 Å². The van der Waals surface area contributed by atoms with Gasteiger partial charge in [0, 0.05) is 38.8 Å². The molecule has 0 aliphatic carbocycles. The van der Waals surface area contributed by atoms with Gasteiger partial charge in [-0.15, -0.1) is 0 Å². The quantitative estimate of drug-likeness (QED) is 0.765. The third kappa shape index (κ3) is 3.66. The van der Waals surface area contributed by atoms with Gasteiger partial charge in [-0.05, 0) is 39.9 Å². The fourth-order valence-electron chi connectivity index (χ4n) is 2.77. The predicted octanol–water partition coefficient (Wildman–Crippen LogP) is -0.447. The molecule has 0 radical (unpaired) electrons. The van der Waals surface area contributed by atoms with Gasteiger partial charge in [0.1, 0.15) is 0 Å². The summed E-state index contributed by atoms with van der Waals surface area (Å²) in [5.74, 6) is 0. The Hall–Kier alpha value is -0.210. The van der Waals surface area contributed by atoms with Crippen molar-refractivity contribution in [1.29, 1.82) is 0 Å². The van der Waals surface area contributed by atoms with Gasteiger partial charge in [0.05, 0.1) is 0 Å². The van der Waals surface area contributed by atoms with Gasteiger partial charge in [0.2, 0.25) is 0 Å². The first-order valence-corrected chi connectivity index (χ1v) is 8.54. The van der Waals surface area contributed by atoms with Gasteiger partial charge >= 0.3 is 0 Å². The zero-order valence-corrected chi connectivity index (χ0v) is 12.8. The second kappa shape index (κ2) is 6.49. The number of nitrogens with one attached hydrogen (secondary N) is 1. The lowest BCUT2D eigenvalue weighted by Crippen LogP contribution is -2.52. The predicted molar refractivity (Wildman–Crippen MR) is 76.3 cm³/mol. The van der Waals surface area contributed by atoms with E-state index in [0.717, 1.165) is 32.4 Å². The summed E-state index contributed by atoms with van der Waals surface area (Å²) in [5.41, 5.74) is 0. The second-order valence-electron chi connectivity index (χ2n) is 5.63. The van der Waals surface area contributed by atoms with E-state index >= 15 is 0 Å². The van der Waals surface area contributed by atoms with Crippen LogP contribution in [-0.4, -0.2) is 81.3 Å². The van der Waals surface area contributed by atoms with E-state index in [1.165, 1.54) is 0 Å². The summed E-state index contributed by atoms with van der Waals surface area (Å²) in [6.07, 6.45) is 2.93. The van der Waals surface area contributed by atoms with E-state index in [4.69, 9.17) is 0 Å². The van der Waals surface area contributed by atoms with E-state index in [2.05, 4.69) is 10.2 Å². The molecule has 0 saturated carbocycles. The molecule has 1 atom stereocenters. The minimum absolute atomic E-state index is 0.341. The monoisotopic (exact) mass is 290 g/mol. The van der Waals surface area contributed by atoms with Gasteiger partial charge in [-0.1, -0.05) is 0 Å². The van der Waals surface area contributed by atoms with Crippen LogP contribution < -0.4 is 5.32 Å².